The van der Waals surface area contributed by atoms with Crippen molar-refractivity contribution in [2.24, 2.45) is 0 Å². The summed E-state index contributed by atoms with van der Waals surface area (Å²) in [6, 6.07) is 4.38. The van der Waals surface area contributed by atoms with Gasteiger partial charge in [0.1, 0.15) is 0 Å². The Bertz CT molecular complexity index is 394. The summed E-state index contributed by atoms with van der Waals surface area (Å²) in [5.74, 6) is 0.694. The largest absolute Gasteiger partial charge is 0.316 e. The fourth-order valence-electron chi connectivity index (χ4n) is 3.18. The summed E-state index contributed by atoms with van der Waals surface area (Å²) < 4.78 is 0. The Morgan fingerprint density at radius 1 is 1.19 bits per heavy atom. The molecule has 0 saturated carbocycles. The Kier molecular flexibility index (Phi) is 2.91. The highest BCUT2D eigenvalue weighted by Crippen LogP contribution is 2.35. The zero-order valence-corrected chi connectivity index (χ0v) is 10.3. The third kappa shape index (κ3) is 1.87. The first kappa shape index (κ1) is 10.6. The third-order valence-corrected chi connectivity index (χ3v) is 4.17. The molecular formula is C14H18ClN. The molecule has 1 saturated heterocycles. The van der Waals surface area contributed by atoms with Crippen molar-refractivity contribution in [1.82, 2.24) is 5.32 Å². The Hall–Kier alpha value is -0.530. The lowest BCUT2D eigenvalue weighted by Crippen LogP contribution is -2.28. The van der Waals surface area contributed by atoms with Crippen molar-refractivity contribution in [3.05, 3.63) is 33.8 Å². The van der Waals surface area contributed by atoms with Gasteiger partial charge in [0.05, 0.1) is 0 Å². The average Bonchev–Trinajstić information content (AvgIpc) is 2.77. The quantitative estimate of drug-likeness (QED) is 0.788. The molecule has 0 spiro atoms. The smallest absolute Gasteiger partial charge is 0.0411 e. The molecule has 1 fully saturated rings. The van der Waals surface area contributed by atoms with E-state index in [0.29, 0.717) is 5.92 Å². The molecule has 1 nitrogen and oxygen atoms in total. The Labute approximate surface area is 102 Å². The van der Waals surface area contributed by atoms with Crippen LogP contribution in [-0.2, 0) is 12.8 Å². The molecule has 1 aromatic carbocycles. The standard InChI is InChI=1S/C14H18ClN/c15-12-7-10-3-1-5-13(10)14(8-12)11-4-2-6-16-9-11/h7-8,11,16H,1-6,9H2. The molecule has 1 atom stereocenters. The molecule has 1 aromatic rings. The van der Waals surface area contributed by atoms with Crippen molar-refractivity contribution in [2.75, 3.05) is 13.1 Å². The van der Waals surface area contributed by atoms with Gasteiger partial charge in [-0.3, -0.25) is 0 Å². The van der Waals surface area contributed by atoms with E-state index in [0.717, 1.165) is 11.6 Å². The Morgan fingerprint density at radius 3 is 2.94 bits per heavy atom. The highest BCUT2D eigenvalue weighted by atomic mass is 35.5. The molecule has 3 rings (SSSR count). The van der Waals surface area contributed by atoms with Crippen LogP contribution in [-0.4, -0.2) is 13.1 Å². The molecule has 1 N–H and O–H groups in total. The van der Waals surface area contributed by atoms with Gasteiger partial charge in [0, 0.05) is 11.6 Å². The normalized spacial score (nSPS) is 24.4. The van der Waals surface area contributed by atoms with Gasteiger partial charge in [-0.05, 0) is 73.4 Å². The molecule has 16 heavy (non-hydrogen) atoms. The monoisotopic (exact) mass is 235 g/mol. The lowest BCUT2D eigenvalue weighted by molar-refractivity contribution is 0.460. The van der Waals surface area contributed by atoms with Crippen LogP contribution in [0.5, 0.6) is 0 Å². The Morgan fingerprint density at radius 2 is 2.12 bits per heavy atom. The summed E-state index contributed by atoms with van der Waals surface area (Å²) in [5.41, 5.74) is 4.65. The second-order valence-electron chi connectivity index (χ2n) is 5.03. The van der Waals surface area contributed by atoms with Gasteiger partial charge in [-0.2, -0.15) is 0 Å². The molecule has 0 bridgehead atoms. The number of hydrogen-bond acceptors (Lipinski definition) is 1. The van der Waals surface area contributed by atoms with Gasteiger partial charge in [-0.1, -0.05) is 11.6 Å². The average molecular weight is 236 g/mol. The minimum atomic E-state index is 0.694. The molecule has 86 valence electrons. The van der Waals surface area contributed by atoms with E-state index in [1.165, 1.54) is 49.8 Å². The number of hydrogen-bond donors (Lipinski definition) is 1. The predicted octanol–water partition coefficient (Wildman–Crippen LogP) is 3.30. The maximum Gasteiger partial charge on any atom is 0.0411 e. The molecule has 2 aliphatic rings. The lowest BCUT2D eigenvalue weighted by Gasteiger charge is -2.25. The minimum absolute atomic E-state index is 0.694. The van der Waals surface area contributed by atoms with Crippen LogP contribution >= 0.6 is 11.6 Å². The van der Waals surface area contributed by atoms with Gasteiger partial charge >= 0.3 is 0 Å². The van der Waals surface area contributed by atoms with Crippen LogP contribution in [0.4, 0.5) is 0 Å². The van der Waals surface area contributed by atoms with Crippen molar-refractivity contribution in [3.8, 4) is 0 Å². The SMILES string of the molecule is Clc1cc2c(c(C3CCCNC3)c1)CCC2. The van der Waals surface area contributed by atoms with Gasteiger partial charge in [-0.25, -0.2) is 0 Å². The fourth-order valence-corrected chi connectivity index (χ4v) is 3.43. The number of piperidine rings is 1. The number of nitrogens with one attached hydrogen (secondary N) is 1. The van der Waals surface area contributed by atoms with Crippen LogP contribution < -0.4 is 5.32 Å². The first-order valence-electron chi connectivity index (χ1n) is 6.36. The molecule has 1 heterocycles. The van der Waals surface area contributed by atoms with Crippen molar-refractivity contribution >= 4 is 11.6 Å². The van der Waals surface area contributed by atoms with E-state index < -0.39 is 0 Å². The lowest BCUT2D eigenvalue weighted by atomic mass is 9.87. The maximum atomic E-state index is 6.23. The van der Waals surface area contributed by atoms with Crippen LogP contribution in [0, 0.1) is 0 Å². The highest BCUT2D eigenvalue weighted by molar-refractivity contribution is 6.30. The molecule has 0 radical (unpaired) electrons. The fraction of sp³-hybridized carbons (Fsp3) is 0.571. The number of halogens is 1. The summed E-state index contributed by atoms with van der Waals surface area (Å²) in [6.07, 6.45) is 6.41. The number of aryl methyl sites for hydroxylation is 1. The predicted molar refractivity (Wildman–Crippen MR) is 68.3 cm³/mol. The molecular weight excluding hydrogens is 218 g/mol. The van der Waals surface area contributed by atoms with Gasteiger partial charge in [0.25, 0.3) is 0 Å². The van der Waals surface area contributed by atoms with Crippen molar-refractivity contribution in [3.63, 3.8) is 0 Å². The van der Waals surface area contributed by atoms with E-state index >= 15 is 0 Å². The number of benzene rings is 1. The van der Waals surface area contributed by atoms with E-state index in [4.69, 9.17) is 11.6 Å². The maximum absolute atomic E-state index is 6.23. The first-order chi connectivity index (χ1) is 7.84. The number of rotatable bonds is 1. The Balaban J connectivity index is 1.99. The van der Waals surface area contributed by atoms with Crippen LogP contribution in [0.15, 0.2) is 12.1 Å². The topological polar surface area (TPSA) is 12.0 Å². The van der Waals surface area contributed by atoms with Gasteiger partial charge in [0.2, 0.25) is 0 Å². The second kappa shape index (κ2) is 4.38. The van der Waals surface area contributed by atoms with Crippen LogP contribution in [0.1, 0.15) is 41.9 Å². The van der Waals surface area contributed by atoms with E-state index in [1.54, 1.807) is 5.56 Å². The van der Waals surface area contributed by atoms with Crippen LogP contribution in [0.25, 0.3) is 0 Å². The van der Waals surface area contributed by atoms with Crippen molar-refractivity contribution in [1.29, 1.82) is 0 Å². The highest BCUT2D eigenvalue weighted by Gasteiger charge is 2.22. The van der Waals surface area contributed by atoms with E-state index in [-0.39, 0.29) is 0 Å². The summed E-state index contributed by atoms with van der Waals surface area (Å²) in [6.45, 7) is 2.31. The minimum Gasteiger partial charge on any atom is -0.316 e. The summed E-state index contributed by atoms with van der Waals surface area (Å²) in [7, 11) is 0. The molecule has 2 heteroatoms. The second-order valence-corrected chi connectivity index (χ2v) is 5.47. The van der Waals surface area contributed by atoms with Gasteiger partial charge in [0.15, 0.2) is 0 Å². The molecule has 0 aromatic heterocycles. The first-order valence-corrected chi connectivity index (χ1v) is 6.74. The van der Waals surface area contributed by atoms with E-state index in [9.17, 15) is 0 Å². The summed E-state index contributed by atoms with van der Waals surface area (Å²) >= 11 is 6.23. The van der Waals surface area contributed by atoms with Crippen LogP contribution in [0.3, 0.4) is 0 Å². The molecule has 1 aliphatic heterocycles. The molecule has 1 aliphatic carbocycles. The third-order valence-electron chi connectivity index (χ3n) is 3.95. The molecule has 0 amide bonds. The number of fused-ring (bicyclic) bond motifs is 1. The van der Waals surface area contributed by atoms with Gasteiger partial charge in [-0.15, -0.1) is 0 Å². The van der Waals surface area contributed by atoms with E-state index in [2.05, 4.69) is 17.4 Å². The van der Waals surface area contributed by atoms with Crippen molar-refractivity contribution in [2.45, 2.75) is 38.0 Å². The van der Waals surface area contributed by atoms with Gasteiger partial charge < -0.3 is 5.32 Å². The zero-order valence-electron chi connectivity index (χ0n) is 9.56. The van der Waals surface area contributed by atoms with Crippen molar-refractivity contribution < 1.29 is 0 Å². The summed E-state index contributed by atoms with van der Waals surface area (Å²) in [5, 5.41) is 4.43. The van der Waals surface area contributed by atoms with E-state index in [1.807, 2.05) is 0 Å². The zero-order chi connectivity index (χ0) is 11.0. The molecule has 1 unspecified atom stereocenters. The van der Waals surface area contributed by atoms with Crippen LogP contribution in [0.2, 0.25) is 5.02 Å². The summed E-state index contributed by atoms with van der Waals surface area (Å²) in [4.78, 5) is 0.